The Hall–Kier alpha value is -2.62. The molecule has 0 bridgehead atoms. The van der Waals surface area contributed by atoms with Gasteiger partial charge in [-0.15, -0.1) is 0 Å². The first-order valence-corrected chi connectivity index (χ1v) is 5.89. The zero-order valence-electron chi connectivity index (χ0n) is 10.0. The lowest BCUT2D eigenvalue weighted by molar-refractivity contribution is 0.539. The minimum Gasteiger partial charge on any atom is -0.267 e. The predicted octanol–water partition coefficient (Wildman–Crippen LogP) is 2.97. The van der Waals surface area contributed by atoms with Crippen LogP contribution in [0.1, 0.15) is 0 Å². The van der Waals surface area contributed by atoms with Gasteiger partial charge < -0.3 is 0 Å². The van der Waals surface area contributed by atoms with Gasteiger partial charge in [-0.3, -0.25) is 9.89 Å². The molecule has 0 aliphatic carbocycles. The molecule has 2 aromatic carbocycles. The van der Waals surface area contributed by atoms with Crippen molar-refractivity contribution < 1.29 is 4.39 Å². The van der Waals surface area contributed by atoms with Gasteiger partial charge in [0, 0.05) is 0 Å². The summed E-state index contributed by atoms with van der Waals surface area (Å²) in [6.45, 7) is 0. The van der Waals surface area contributed by atoms with Crippen LogP contribution in [-0.4, -0.2) is 9.78 Å². The van der Waals surface area contributed by atoms with Gasteiger partial charge in [-0.1, -0.05) is 48.5 Å². The van der Waals surface area contributed by atoms with Crippen molar-refractivity contribution in [2.75, 3.05) is 0 Å². The van der Waals surface area contributed by atoms with Gasteiger partial charge in [0.2, 0.25) is 5.95 Å². The van der Waals surface area contributed by atoms with E-state index in [1.54, 1.807) is 48.5 Å². The van der Waals surface area contributed by atoms with Gasteiger partial charge in [-0.25, -0.2) is 4.68 Å². The standard InChI is InChI=1S/C15H11FN2O/c16-14-13(11-7-3-1-4-8-11)15(19)17-18(14)12-9-5-2-6-10-12/h1-10H,(H,17,19). The van der Waals surface area contributed by atoms with E-state index in [2.05, 4.69) is 5.10 Å². The highest BCUT2D eigenvalue weighted by Gasteiger charge is 2.16. The summed E-state index contributed by atoms with van der Waals surface area (Å²) >= 11 is 0. The third kappa shape index (κ3) is 1.97. The fraction of sp³-hybridized carbons (Fsp3) is 0. The number of para-hydroxylation sites is 1. The fourth-order valence-electron chi connectivity index (χ4n) is 2.02. The number of halogens is 1. The van der Waals surface area contributed by atoms with Crippen molar-refractivity contribution in [3.05, 3.63) is 77.0 Å². The zero-order chi connectivity index (χ0) is 13.2. The maximum atomic E-state index is 14.4. The van der Waals surface area contributed by atoms with E-state index in [9.17, 15) is 9.18 Å². The first-order chi connectivity index (χ1) is 9.27. The van der Waals surface area contributed by atoms with Gasteiger partial charge in [-0.2, -0.15) is 4.39 Å². The van der Waals surface area contributed by atoms with E-state index < -0.39 is 11.5 Å². The first-order valence-electron chi connectivity index (χ1n) is 5.89. The lowest BCUT2D eigenvalue weighted by Gasteiger charge is -2.02. The molecule has 0 amide bonds. The van der Waals surface area contributed by atoms with Crippen LogP contribution in [0.2, 0.25) is 0 Å². The van der Waals surface area contributed by atoms with Crippen LogP contribution in [0.4, 0.5) is 4.39 Å². The van der Waals surface area contributed by atoms with E-state index in [1.807, 2.05) is 12.1 Å². The number of aromatic nitrogens is 2. The van der Waals surface area contributed by atoms with Crippen molar-refractivity contribution >= 4 is 0 Å². The molecule has 0 saturated carbocycles. The summed E-state index contributed by atoms with van der Waals surface area (Å²) in [6, 6.07) is 17.7. The Bertz CT molecular complexity index is 745. The van der Waals surface area contributed by atoms with E-state index in [-0.39, 0.29) is 5.56 Å². The van der Waals surface area contributed by atoms with Gasteiger partial charge in [0.25, 0.3) is 5.56 Å². The maximum Gasteiger partial charge on any atom is 0.275 e. The average molecular weight is 254 g/mol. The van der Waals surface area contributed by atoms with Crippen molar-refractivity contribution in [2.45, 2.75) is 0 Å². The topological polar surface area (TPSA) is 37.8 Å². The number of aromatic amines is 1. The number of benzene rings is 2. The number of rotatable bonds is 2. The third-order valence-corrected chi connectivity index (χ3v) is 2.92. The molecule has 0 saturated heterocycles. The SMILES string of the molecule is O=c1[nH]n(-c2ccccc2)c(F)c1-c1ccccc1. The first kappa shape index (κ1) is 11.5. The Morgan fingerprint density at radius 1 is 0.895 bits per heavy atom. The zero-order valence-corrected chi connectivity index (χ0v) is 10.0. The second-order valence-electron chi connectivity index (χ2n) is 4.14. The summed E-state index contributed by atoms with van der Waals surface area (Å²) in [7, 11) is 0. The fourth-order valence-corrected chi connectivity index (χ4v) is 2.02. The summed E-state index contributed by atoms with van der Waals surface area (Å²) in [6.07, 6.45) is 0. The van der Waals surface area contributed by atoms with Crippen LogP contribution in [0.3, 0.4) is 0 Å². The number of nitrogens with one attached hydrogen (secondary N) is 1. The molecule has 0 aliphatic heterocycles. The average Bonchev–Trinajstić information content (AvgIpc) is 2.76. The Morgan fingerprint density at radius 3 is 2.11 bits per heavy atom. The smallest absolute Gasteiger partial charge is 0.267 e. The summed E-state index contributed by atoms with van der Waals surface area (Å²) in [5.74, 6) is -0.581. The molecule has 3 nitrogen and oxygen atoms in total. The quantitative estimate of drug-likeness (QED) is 0.750. The molecule has 1 aromatic heterocycles. The number of hydrogen-bond acceptors (Lipinski definition) is 1. The van der Waals surface area contributed by atoms with E-state index in [4.69, 9.17) is 0 Å². The van der Waals surface area contributed by atoms with Crippen LogP contribution in [0.5, 0.6) is 0 Å². The Morgan fingerprint density at radius 2 is 1.47 bits per heavy atom. The van der Waals surface area contributed by atoms with Gasteiger partial charge in [0.15, 0.2) is 0 Å². The van der Waals surface area contributed by atoms with Crippen molar-refractivity contribution in [1.82, 2.24) is 9.78 Å². The minimum atomic E-state index is -0.581. The van der Waals surface area contributed by atoms with Crippen LogP contribution < -0.4 is 5.56 Å². The predicted molar refractivity (Wildman–Crippen MR) is 71.8 cm³/mol. The van der Waals surface area contributed by atoms with Crippen LogP contribution in [0.15, 0.2) is 65.5 Å². The van der Waals surface area contributed by atoms with Gasteiger partial charge in [-0.05, 0) is 17.7 Å². The number of H-pyrrole nitrogens is 1. The van der Waals surface area contributed by atoms with E-state index in [0.29, 0.717) is 11.3 Å². The van der Waals surface area contributed by atoms with Crippen molar-refractivity contribution in [3.63, 3.8) is 0 Å². The highest BCUT2D eigenvalue weighted by molar-refractivity contribution is 5.62. The van der Waals surface area contributed by atoms with E-state index in [0.717, 1.165) is 4.68 Å². The largest absolute Gasteiger partial charge is 0.275 e. The van der Waals surface area contributed by atoms with Gasteiger partial charge in [0.1, 0.15) is 5.56 Å². The number of hydrogen-bond donors (Lipinski definition) is 1. The second kappa shape index (κ2) is 4.57. The molecule has 4 heteroatoms. The maximum absolute atomic E-state index is 14.4. The van der Waals surface area contributed by atoms with Crippen LogP contribution in [0.25, 0.3) is 16.8 Å². The summed E-state index contributed by atoms with van der Waals surface area (Å²) in [4.78, 5) is 11.9. The monoisotopic (exact) mass is 254 g/mol. The molecule has 0 spiro atoms. The molecule has 3 rings (SSSR count). The highest BCUT2D eigenvalue weighted by atomic mass is 19.1. The molecule has 0 aliphatic rings. The van der Waals surface area contributed by atoms with Crippen molar-refractivity contribution in [3.8, 4) is 16.8 Å². The second-order valence-corrected chi connectivity index (χ2v) is 4.14. The molecule has 0 radical (unpaired) electrons. The molecular weight excluding hydrogens is 243 g/mol. The highest BCUT2D eigenvalue weighted by Crippen LogP contribution is 2.20. The molecular formula is C15H11FN2O. The van der Waals surface area contributed by atoms with Crippen LogP contribution >= 0.6 is 0 Å². The lowest BCUT2D eigenvalue weighted by atomic mass is 10.1. The molecule has 19 heavy (non-hydrogen) atoms. The van der Waals surface area contributed by atoms with Crippen LogP contribution in [-0.2, 0) is 0 Å². The Labute approximate surface area is 108 Å². The molecule has 1 heterocycles. The van der Waals surface area contributed by atoms with Crippen molar-refractivity contribution in [1.29, 1.82) is 0 Å². The number of nitrogens with zero attached hydrogens (tertiary/aromatic N) is 1. The van der Waals surface area contributed by atoms with E-state index >= 15 is 0 Å². The Balaban J connectivity index is 2.20. The summed E-state index contributed by atoms with van der Waals surface area (Å²) in [5.41, 5.74) is 0.771. The minimum absolute atomic E-state index is 0.0597. The van der Waals surface area contributed by atoms with Gasteiger partial charge >= 0.3 is 0 Å². The lowest BCUT2D eigenvalue weighted by Crippen LogP contribution is -2.05. The molecule has 1 N–H and O–H groups in total. The van der Waals surface area contributed by atoms with Gasteiger partial charge in [0.05, 0.1) is 5.69 Å². The molecule has 0 atom stereocenters. The summed E-state index contributed by atoms with van der Waals surface area (Å²) in [5, 5.41) is 2.51. The molecule has 0 unspecified atom stereocenters. The molecule has 0 fully saturated rings. The Kier molecular flexibility index (Phi) is 2.76. The van der Waals surface area contributed by atoms with E-state index in [1.165, 1.54) is 0 Å². The van der Waals surface area contributed by atoms with Crippen LogP contribution in [0, 0.1) is 5.95 Å². The normalized spacial score (nSPS) is 10.6. The molecule has 94 valence electrons. The summed E-state index contributed by atoms with van der Waals surface area (Å²) < 4.78 is 15.6. The third-order valence-electron chi connectivity index (χ3n) is 2.92. The molecule has 3 aromatic rings. The van der Waals surface area contributed by atoms with Crippen molar-refractivity contribution in [2.24, 2.45) is 0 Å².